The average Bonchev–Trinajstić information content (AvgIpc) is 2.49. The molecule has 0 atom stereocenters. The molecule has 0 saturated carbocycles. The van der Waals surface area contributed by atoms with Crippen molar-refractivity contribution in [2.75, 3.05) is 6.26 Å². The largest absolute Gasteiger partial charge is 0.240 e. The van der Waals surface area contributed by atoms with Crippen molar-refractivity contribution in [1.29, 1.82) is 0 Å². The van der Waals surface area contributed by atoms with Gasteiger partial charge in [-0.3, -0.25) is 0 Å². The number of hydrogen-bond donors (Lipinski definition) is 0. The molecule has 0 radical (unpaired) electrons. The summed E-state index contributed by atoms with van der Waals surface area (Å²) in [6.45, 7) is 0.915. The number of nitrogens with zero attached hydrogens (tertiary/aromatic N) is 1. The van der Waals surface area contributed by atoms with Gasteiger partial charge in [0.15, 0.2) is 6.54 Å². The summed E-state index contributed by atoms with van der Waals surface area (Å²) in [6, 6.07) is 23.6. The minimum Gasteiger partial charge on any atom is -0.182 e. The molecule has 1 nitrogen and oxygen atoms in total. The predicted molar refractivity (Wildman–Crippen MR) is 81.5 cm³/mol. The molecule has 0 amide bonds. The first-order valence-corrected chi connectivity index (χ1v) is 7.60. The van der Waals surface area contributed by atoms with Gasteiger partial charge in [0.05, 0.1) is 0 Å². The first-order valence-electron chi connectivity index (χ1n) is 6.38. The second-order valence-electron chi connectivity index (χ2n) is 4.51. The monoisotopic (exact) mass is 266 g/mol. The lowest BCUT2D eigenvalue weighted by Crippen LogP contribution is -2.37. The maximum absolute atomic E-state index is 2.38. The van der Waals surface area contributed by atoms with Crippen LogP contribution < -0.4 is 4.57 Å². The fourth-order valence-electron chi connectivity index (χ4n) is 2.35. The van der Waals surface area contributed by atoms with Crippen LogP contribution in [0.1, 0.15) is 5.56 Å². The van der Waals surface area contributed by atoms with E-state index in [4.69, 9.17) is 0 Å². The highest BCUT2D eigenvalue weighted by molar-refractivity contribution is 7.98. The van der Waals surface area contributed by atoms with Crippen molar-refractivity contribution in [2.24, 2.45) is 0 Å². The molecule has 3 rings (SSSR count). The molecular weight excluding hydrogens is 250 g/mol. The SMILES string of the molecule is CSc1ccc2ccccc2[n+]1Cc1ccccc1. The molecule has 1 aromatic heterocycles. The number of rotatable bonds is 3. The van der Waals surface area contributed by atoms with Crippen molar-refractivity contribution < 1.29 is 4.57 Å². The Balaban J connectivity index is 2.15. The smallest absolute Gasteiger partial charge is 0.182 e. The molecule has 0 fully saturated rings. The van der Waals surface area contributed by atoms with Gasteiger partial charge in [0, 0.05) is 23.1 Å². The zero-order chi connectivity index (χ0) is 13.1. The van der Waals surface area contributed by atoms with Gasteiger partial charge >= 0.3 is 0 Å². The highest BCUT2D eigenvalue weighted by atomic mass is 32.2. The lowest BCUT2D eigenvalue weighted by molar-refractivity contribution is -0.699. The number of aromatic nitrogens is 1. The van der Waals surface area contributed by atoms with Gasteiger partial charge in [-0.15, -0.1) is 0 Å². The number of benzene rings is 2. The Bertz CT molecular complexity index is 692. The first kappa shape index (κ1) is 12.2. The molecule has 2 aromatic carbocycles. The van der Waals surface area contributed by atoms with Crippen LogP contribution in [-0.2, 0) is 6.54 Å². The molecule has 0 spiro atoms. The quantitative estimate of drug-likeness (QED) is 0.514. The van der Waals surface area contributed by atoms with Gasteiger partial charge in [-0.2, -0.15) is 4.57 Å². The zero-order valence-electron chi connectivity index (χ0n) is 10.9. The highest BCUT2D eigenvalue weighted by Crippen LogP contribution is 2.17. The Morgan fingerprint density at radius 3 is 2.37 bits per heavy atom. The van der Waals surface area contributed by atoms with Crippen LogP contribution in [0.15, 0.2) is 71.8 Å². The molecule has 94 valence electrons. The maximum Gasteiger partial charge on any atom is 0.240 e. The Labute approximate surface area is 117 Å². The van der Waals surface area contributed by atoms with E-state index >= 15 is 0 Å². The summed E-state index contributed by atoms with van der Waals surface area (Å²) >= 11 is 1.79. The maximum atomic E-state index is 2.38. The molecule has 0 unspecified atom stereocenters. The topological polar surface area (TPSA) is 3.88 Å². The lowest BCUT2D eigenvalue weighted by atomic mass is 10.2. The number of pyridine rings is 1. The predicted octanol–water partition coefficient (Wildman–Crippen LogP) is 3.90. The molecule has 0 aliphatic carbocycles. The van der Waals surface area contributed by atoms with Gasteiger partial charge in [-0.05, 0) is 18.4 Å². The van der Waals surface area contributed by atoms with Crippen molar-refractivity contribution in [3.63, 3.8) is 0 Å². The van der Waals surface area contributed by atoms with Crippen molar-refractivity contribution in [3.8, 4) is 0 Å². The Morgan fingerprint density at radius 1 is 0.842 bits per heavy atom. The van der Waals surface area contributed by atoms with Crippen LogP contribution in [0.3, 0.4) is 0 Å². The third kappa shape index (κ3) is 2.49. The normalized spacial score (nSPS) is 10.8. The van der Waals surface area contributed by atoms with E-state index in [9.17, 15) is 0 Å². The zero-order valence-corrected chi connectivity index (χ0v) is 11.7. The van der Waals surface area contributed by atoms with Gasteiger partial charge in [0.2, 0.25) is 10.5 Å². The first-order chi connectivity index (χ1) is 9.38. The van der Waals surface area contributed by atoms with E-state index in [0.29, 0.717) is 0 Å². The van der Waals surface area contributed by atoms with Crippen molar-refractivity contribution in [3.05, 3.63) is 72.3 Å². The van der Waals surface area contributed by atoms with Gasteiger partial charge in [-0.25, -0.2) is 0 Å². The van der Waals surface area contributed by atoms with Gasteiger partial charge in [-0.1, -0.05) is 54.2 Å². The third-order valence-corrected chi connectivity index (χ3v) is 4.07. The molecular formula is C17H16NS+. The number of fused-ring (bicyclic) bond motifs is 1. The summed E-state index contributed by atoms with van der Waals surface area (Å²) in [5, 5.41) is 2.58. The minimum absolute atomic E-state index is 0.915. The summed E-state index contributed by atoms with van der Waals surface area (Å²) < 4.78 is 2.38. The Kier molecular flexibility index (Phi) is 3.51. The van der Waals surface area contributed by atoms with E-state index in [0.717, 1.165) is 6.54 Å². The Hall–Kier alpha value is -1.80. The standard InChI is InChI=1S/C17H16NS/c1-19-17-12-11-15-9-5-6-10-16(15)18(17)13-14-7-3-2-4-8-14/h2-12H,13H2,1H3/q+1. The van der Waals surface area contributed by atoms with E-state index in [1.54, 1.807) is 11.8 Å². The van der Waals surface area contributed by atoms with Gasteiger partial charge < -0.3 is 0 Å². The molecule has 2 heteroatoms. The van der Waals surface area contributed by atoms with Crippen molar-refractivity contribution >= 4 is 22.7 Å². The summed E-state index contributed by atoms with van der Waals surface area (Å²) in [5.74, 6) is 0. The van der Waals surface area contributed by atoms with E-state index in [1.807, 2.05) is 0 Å². The summed E-state index contributed by atoms with van der Waals surface area (Å²) in [7, 11) is 0. The summed E-state index contributed by atoms with van der Waals surface area (Å²) in [4.78, 5) is 0. The van der Waals surface area contributed by atoms with Crippen LogP contribution >= 0.6 is 11.8 Å². The van der Waals surface area contributed by atoms with E-state index in [1.165, 1.54) is 21.5 Å². The van der Waals surface area contributed by atoms with Crippen molar-refractivity contribution in [1.82, 2.24) is 0 Å². The van der Waals surface area contributed by atoms with Crippen molar-refractivity contribution in [2.45, 2.75) is 11.6 Å². The summed E-state index contributed by atoms with van der Waals surface area (Å²) in [6.07, 6.45) is 2.13. The fraction of sp³-hybridized carbons (Fsp3) is 0.118. The molecule has 0 bridgehead atoms. The summed E-state index contributed by atoms with van der Waals surface area (Å²) in [5.41, 5.74) is 2.62. The number of hydrogen-bond acceptors (Lipinski definition) is 1. The molecule has 0 aliphatic heterocycles. The van der Waals surface area contributed by atoms with Crippen LogP contribution in [-0.4, -0.2) is 6.26 Å². The van der Waals surface area contributed by atoms with E-state index in [-0.39, 0.29) is 0 Å². The Morgan fingerprint density at radius 2 is 1.58 bits per heavy atom. The second-order valence-corrected chi connectivity index (χ2v) is 5.33. The van der Waals surface area contributed by atoms with Crippen LogP contribution in [0.5, 0.6) is 0 Å². The second kappa shape index (κ2) is 5.45. The molecule has 1 heterocycles. The van der Waals surface area contributed by atoms with Crippen LogP contribution in [0.4, 0.5) is 0 Å². The highest BCUT2D eigenvalue weighted by Gasteiger charge is 2.14. The molecule has 0 saturated heterocycles. The van der Waals surface area contributed by atoms with Gasteiger partial charge in [0.1, 0.15) is 0 Å². The van der Waals surface area contributed by atoms with Crippen LogP contribution in [0.2, 0.25) is 0 Å². The molecule has 0 aliphatic rings. The van der Waals surface area contributed by atoms with E-state index in [2.05, 4.69) is 77.6 Å². The number of para-hydroxylation sites is 1. The molecule has 3 aromatic rings. The van der Waals surface area contributed by atoms with Crippen LogP contribution in [0.25, 0.3) is 10.9 Å². The third-order valence-electron chi connectivity index (χ3n) is 3.29. The average molecular weight is 266 g/mol. The minimum atomic E-state index is 0.915. The van der Waals surface area contributed by atoms with Crippen LogP contribution in [0, 0.1) is 0 Å². The number of thioether (sulfide) groups is 1. The van der Waals surface area contributed by atoms with Gasteiger partial charge in [0.25, 0.3) is 0 Å². The fourth-order valence-corrected chi connectivity index (χ4v) is 2.94. The van der Waals surface area contributed by atoms with E-state index < -0.39 is 0 Å². The lowest BCUT2D eigenvalue weighted by Gasteiger charge is -2.05. The molecule has 19 heavy (non-hydrogen) atoms. The molecule has 0 N–H and O–H groups in total.